The molecule has 1 atom stereocenters. The Balaban J connectivity index is 1.65. The summed E-state index contributed by atoms with van der Waals surface area (Å²) in [6, 6.07) is 17.4. The molecule has 0 bridgehead atoms. The largest absolute Gasteiger partial charge is 0.352 e. The first-order valence-corrected chi connectivity index (χ1v) is 13.1. The van der Waals surface area contributed by atoms with Gasteiger partial charge in [0.2, 0.25) is 21.8 Å². The van der Waals surface area contributed by atoms with Crippen molar-refractivity contribution in [3.63, 3.8) is 0 Å². The van der Waals surface area contributed by atoms with Crippen LogP contribution in [-0.4, -0.2) is 31.1 Å². The van der Waals surface area contributed by atoms with E-state index in [4.69, 9.17) is 0 Å². The van der Waals surface area contributed by atoms with E-state index in [0.717, 1.165) is 22.3 Å². The predicted octanol–water partition coefficient (Wildman–Crippen LogP) is 4.09. The van der Waals surface area contributed by atoms with Crippen LogP contribution in [0.25, 0.3) is 0 Å². The zero-order valence-corrected chi connectivity index (χ0v) is 20.9. The first-order chi connectivity index (χ1) is 17.1. The molecule has 2 amide bonds. The lowest BCUT2D eigenvalue weighted by Gasteiger charge is -2.36. The van der Waals surface area contributed by atoms with Crippen LogP contribution in [0.5, 0.6) is 0 Å². The maximum absolute atomic E-state index is 14.0. The van der Waals surface area contributed by atoms with Crippen molar-refractivity contribution in [1.82, 2.24) is 9.62 Å². The average Bonchev–Trinajstić information content (AvgIpc) is 2.84. The number of aryl methyl sites for hydroxylation is 1. The monoisotopic (exact) mass is 509 g/mol. The Morgan fingerprint density at radius 3 is 2.50 bits per heavy atom. The van der Waals surface area contributed by atoms with Crippen molar-refractivity contribution in [3.05, 3.63) is 94.8 Å². The minimum atomic E-state index is -4.07. The number of amides is 2. The number of carbonyl (C=O) groups is 2. The van der Waals surface area contributed by atoms with Crippen molar-refractivity contribution < 1.29 is 22.4 Å². The molecule has 7 nitrogen and oxygen atoms in total. The molecule has 0 spiro atoms. The van der Waals surface area contributed by atoms with Crippen LogP contribution in [0, 0.1) is 12.7 Å². The van der Waals surface area contributed by atoms with Gasteiger partial charge in [-0.3, -0.25) is 9.59 Å². The standard InChI is InChI=1S/C27H28FN3O4S/c1-18-7-12-24(30-19(2)32)26(15-18)36(34,35)31-14-13-21-5-3-4-6-23(21)25(31)16-27(33)29-17-20-8-10-22(28)11-9-20/h3-12,15,25H,13-14,16-17H2,1-2H3,(H,29,33)(H,30,32)/t25-/m0/s1. The van der Waals surface area contributed by atoms with Crippen LogP contribution in [0.1, 0.15) is 41.6 Å². The number of halogens is 1. The molecule has 0 saturated heterocycles. The molecule has 2 N–H and O–H groups in total. The van der Waals surface area contributed by atoms with Crippen LogP contribution in [0.2, 0.25) is 0 Å². The highest BCUT2D eigenvalue weighted by atomic mass is 32.2. The molecule has 3 aromatic carbocycles. The molecule has 0 saturated carbocycles. The Hall–Kier alpha value is -3.56. The van der Waals surface area contributed by atoms with Crippen molar-refractivity contribution >= 4 is 27.5 Å². The van der Waals surface area contributed by atoms with E-state index in [0.29, 0.717) is 6.42 Å². The maximum Gasteiger partial charge on any atom is 0.245 e. The number of fused-ring (bicyclic) bond motifs is 1. The number of rotatable bonds is 7. The molecular weight excluding hydrogens is 481 g/mol. The Morgan fingerprint density at radius 2 is 1.78 bits per heavy atom. The van der Waals surface area contributed by atoms with E-state index in [1.807, 2.05) is 24.3 Å². The van der Waals surface area contributed by atoms with Crippen LogP contribution in [0.4, 0.5) is 10.1 Å². The fraction of sp³-hybridized carbons (Fsp3) is 0.259. The van der Waals surface area contributed by atoms with Crippen LogP contribution >= 0.6 is 0 Å². The fourth-order valence-corrected chi connectivity index (χ4v) is 6.28. The number of carbonyl (C=O) groups excluding carboxylic acids is 2. The zero-order chi connectivity index (χ0) is 25.9. The van der Waals surface area contributed by atoms with E-state index in [-0.39, 0.29) is 47.7 Å². The first kappa shape index (κ1) is 25.5. The van der Waals surface area contributed by atoms with Crippen LogP contribution in [0.3, 0.4) is 0 Å². The Morgan fingerprint density at radius 1 is 1.06 bits per heavy atom. The number of anilines is 1. The topological polar surface area (TPSA) is 95.6 Å². The summed E-state index contributed by atoms with van der Waals surface area (Å²) < 4.78 is 42.5. The van der Waals surface area contributed by atoms with Gasteiger partial charge in [0.15, 0.2) is 0 Å². The third-order valence-electron chi connectivity index (χ3n) is 6.18. The fourth-order valence-electron chi connectivity index (χ4n) is 4.44. The summed E-state index contributed by atoms with van der Waals surface area (Å²) in [7, 11) is -4.07. The van der Waals surface area contributed by atoms with Crippen LogP contribution < -0.4 is 10.6 Å². The number of hydrogen-bond acceptors (Lipinski definition) is 4. The van der Waals surface area contributed by atoms with Gasteiger partial charge >= 0.3 is 0 Å². The van der Waals surface area contributed by atoms with E-state index < -0.39 is 16.1 Å². The molecule has 1 aliphatic heterocycles. The molecule has 0 aliphatic carbocycles. The van der Waals surface area contributed by atoms with E-state index >= 15 is 0 Å². The smallest absolute Gasteiger partial charge is 0.245 e. The third kappa shape index (κ3) is 5.63. The molecule has 0 radical (unpaired) electrons. The zero-order valence-electron chi connectivity index (χ0n) is 20.1. The lowest BCUT2D eigenvalue weighted by atomic mass is 9.92. The highest BCUT2D eigenvalue weighted by molar-refractivity contribution is 7.89. The second kappa shape index (κ2) is 10.6. The summed E-state index contributed by atoms with van der Waals surface area (Å²) in [5.41, 5.74) is 3.43. The molecule has 9 heteroatoms. The Bertz CT molecular complexity index is 1390. The van der Waals surface area contributed by atoms with Gasteiger partial charge in [-0.25, -0.2) is 12.8 Å². The summed E-state index contributed by atoms with van der Waals surface area (Å²) in [6.07, 6.45) is 0.420. The molecule has 1 heterocycles. The number of nitrogens with zero attached hydrogens (tertiary/aromatic N) is 1. The van der Waals surface area contributed by atoms with Crippen molar-refractivity contribution in [1.29, 1.82) is 0 Å². The molecular formula is C27H28FN3O4S. The lowest BCUT2D eigenvalue weighted by molar-refractivity contribution is -0.122. The minimum absolute atomic E-state index is 0.00574. The van der Waals surface area contributed by atoms with Gasteiger partial charge in [0.05, 0.1) is 11.7 Å². The van der Waals surface area contributed by atoms with E-state index in [1.54, 1.807) is 31.2 Å². The van der Waals surface area contributed by atoms with Crippen molar-refractivity contribution in [2.45, 2.75) is 44.2 Å². The van der Waals surface area contributed by atoms with Crippen molar-refractivity contribution in [2.24, 2.45) is 0 Å². The Kier molecular flexibility index (Phi) is 7.51. The molecule has 1 aliphatic rings. The predicted molar refractivity (Wildman–Crippen MR) is 135 cm³/mol. The minimum Gasteiger partial charge on any atom is -0.352 e. The average molecular weight is 510 g/mol. The first-order valence-electron chi connectivity index (χ1n) is 11.6. The summed E-state index contributed by atoms with van der Waals surface area (Å²) in [4.78, 5) is 24.7. The van der Waals surface area contributed by atoms with Gasteiger partial charge in [0.1, 0.15) is 10.7 Å². The number of nitrogens with one attached hydrogen (secondary N) is 2. The van der Waals surface area contributed by atoms with Gasteiger partial charge in [-0.1, -0.05) is 42.5 Å². The summed E-state index contributed by atoms with van der Waals surface area (Å²) >= 11 is 0. The van der Waals surface area contributed by atoms with Crippen LogP contribution in [-0.2, 0) is 32.6 Å². The highest BCUT2D eigenvalue weighted by Gasteiger charge is 2.38. The van der Waals surface area contributed by atoms with Gasteiger partial charge in [-0.05, 0) is 59.9 Å². The van der Waals surface area contributed by atoms with E-state index in [1.165, 1.54) is 29.4 Å². The summed E-state index contributed by atoms with van der Waals surface area (Å²) in [6.45, 7) is 3.50. The van der Waals surface area contributed by atoms with E-state index in [9.17, 15) is 22.4 Å². The molecule has 0 aromatic heterocycles. The number of benzene rings is 3. The highest BCUT2D eigenvalue weighted by Crippen LogP contribution is 2.38. The molecule has 4 rings (SSSR count). The molecule has 0 fully saturated rings. The number of sulfonamides is 1. The van der Waals surface area contributed by atoms with E-state index in [2.05, 4.69) is 10.6 Å². The molecule has 0 unspecified atom stereocenters. The number of hydrogen-bond donors (Lipinski definition) is 2. The Labute approximate surface area is 210 Å². The van der Waals surface area contributed by atoms with Gasteiger partial charge in [-0.2, -0.15) is 4.31 Å². The summed E-state index contributed by atoms with van der Waals surface area (Å²) in [5.74, 6) is -1.07. The molecule has 3 aromatic rings. The normalized spacial score (nSPS) is 15.7. The molecule has 36 heavy (non-hydrogen) atoms. The van der Waals surface area contributed by atoms with Gasteiger partial charge < -0.3 is 10.6 Å². The van der Waals surface area contributed by atoms with Crippen LogP contribution in [0.15, 0.2) is 71.6 Å². The van der Waals surface area contributed by atoms with Crippen molar-refractivity contribution in [3.8, 4) is 0 Å². The second-order valence-electron chi connectivity index (χ2n) is 8.87. The lowest BCUT2D eigenvalue weighted by Crippen LogP contribution is -2.42. The van der Waals surface area contributed by atoms with Gasteiger partial charge in [-0.15, -0.1) is 0 Å². The maximum atomic E-state index is 14.0. The third-order valence-corrected chi connectivity index (χ3v) is 8.13. The van der Waals surface area contributed by atoms with Gasteiger partial charge in [0.25, 0.3) is 0 Å². The van der Waals surface area contributed by atoms with Crippen molar-refractivity contribution in [2.75, 3.05) is 11.9 Å². The van der Waals surface area contributed by atoms with Gasteiger partial charge in [0, 0.05) is 26.4 Å². The quantitative estimate of drug-likeness (QED) is 0.502. The summed E-state index contributed by atoms with van der Waals surface area (Å²) in [5, 5.41) is 5.43. The molecule has 188 valence electrons. The second-order valence-corrected chi connectivity index (χ2v) is 10.7. The SMILES string of the molecule is CC(=O)Nc1ccc(C)cc1S(=O)(=O)N1CCc2ccccc2[C@@H]1CC(=O)NCc1ccc(F)cc1.